The first-order chi connectivity index (χ1) is 7.77. The van der Waals surface area contributed by atoms with Crippen LogP contribution in [0.2, 0.25) is 0 Å². The number of benzene rings is 2. The van der Waals surface area contributed by atoms with Crippen LogP contribution in [-0.2, 0) is 4.79 Å². The Morgan fingerprint density at radius 2 is 1.88 bits per heavy atom. The fraction of sp³-hybridized carbons (Fsp3) is 0.214. The molecule has 2 heteroatoms. The predicted molar refractivity (Wildman–Crippen MR) is 62.4 cm³/mol. The van der Waals surface area contributed by atoms with Gasteiger partial charge in [0, 0.05) is 0 Å². The molecule has 1 saturated carbocycles. The van der Waals surface area contributed by atoms with Crippen molar-refractivity contribution in [3.8, 4) is 0 Å². The van der Waals surface area contributed by atoms with Gasteiger partial charge in [0.05, 0.1) is 5.92 Å². The van der Waals surface area contributed by atoms with Crippen molar-refractivity contribution in [1.82, 2.24) is 0 Å². The number of hydrogen-bond acceptors (Lipinski definition) is 1. The first-order valence-corrected chi connectivity index (χ1v) is 5.48. The lowest BCUT2D eigenvalue weighted by Gasteiger charge is -2.04. The zero-order chi connectivity index (χ0) is 11.1. The van der Waals surface area contributed by atoms with E-state index in [2.05, 4.69) is 24.3 Å². The molecule has 2 aromatic carbocycles. The maximum Gasteiger partial charge on any atom is 0.307 e. The molecule has 2 atom stereocenters. The standard InChI is InChI=1S/C14H12O2/c15-14(16)13-8-12(13)11-7-3-5-9-4-1-2-6-10(9)11/h1-7,12-13H,8H2,(H,15,16). The van der Waals surface area contributed by atoms with Gasteiger partial charge < -0.3 is 5.11 Å². The molecule has 0 amide bonds. The summed E-state index contributed by atoms with van der Waals surface area (Å²) in [5.41, 5.74) is 1.19. The van der Waals surface area contributed by atoms with Crippen molar-refractivity contribution in [1.29, 1.82) is 0 Å². The zero-order valence-corrected chi connectivity index (χ0v) is 8.76. The second-order valence-electron chi connectivity index (χ2n) is 4.36. The maximum atomic E-state index is 10.9. The molecule has 1 aliphatic rings. The SMILES string of the molecule is O=C(O)C1CC1c1cccc2ccccc12. The van der Waals surface area contributed by atoms with E-state index >= 15 is 0 Å². The van der Waals surface area contributed by atoms with Crippen LogP contribution in [0.4, 0.5) is 0 Å². The summed E-state index contributed by atoms with van der Waals surface area (Å²) in [6.07, 6.45) is 0.781. The highest BCUT2D eigenvalue weighted by Gasteiger charge is 2.44. The van der Waals surface area contributed by atoms with E-state index in [9.17, 15) is 4.79 Å². The third-order valence-corrected chi connectivity index (χ3v) is 3.33. The summed E-state index contributed by atoms with van der Waals surface area (Å²) in [6, 6.07) is 14.3. The van der Waals surface area contributed by atoms with Crippen LogP contribution < -0.4 is 0 Å². The molecule has 0 bridgehead atoms. The van der Waals surface area contributed by atoms with Gasteiger partial charge in [0.15, 0.2) is 0 Å². The van der Waals surface area contributed by atoms with Gasteiger partial charge in [-0.3, -0.25) is 4.79 Å². The number of hydrogen-bond donors (Lipinski definition) is 1. The second-order valence-corrected chi connectivity index (χ2v) is 4.36. The zero-order valence-electron chi connectivity index (χ0n) is 8.76. The van der Waals surface area contributed by atoms with Crippen LogP contribution in [0.5, 0.6) is 0 Å². The number of carboxylic acids is 1. The van der Waals surface area contributed by atoms with E-state index in [1.54, 1.807) is 0 Å². The van der Waals surface area contributed by atoms with Gasteiger partial charge in [0.25, 0.3) is 0 Å². The Morgan fingerprint density at radius 3 is 2.62 bits per heavy atom. The molecule has 1 N–H and O–H groups in total. The summed E-state index contributed by atoms with van der Waals surface area (Å²) in [4.78, 5) is 10.9. The molecule has 80 valence electrons. The van der Waals surface area contributed by atoms with E-state index in [0.717, 1.165) is 6.42 Å². The van der Waals surface area contributed by atoms with Crippen molar-refractivity contribution in [3.05, 3.63) is 48.0 Å². The minimum absolute atomic E-state index is 0.175. The van der Waals surface area contributed by atoms with E-state index in [1.807, 2.05) is 18.2 Å². The van der Waals surface area contributed by atoms with Crippen LogP contribution in [0.3, 0.4) is 0 Å². The first-order valence-electron chi connectivity index (χ1n) is 5.48. The van der Waals surface area contributed by atoms with Crippen LogP contribution in [-0.4, -0.2) is 11.1 Å². The van der Waals surface area contributed by atoms with Gasteiger partial charge in [-0.05, 0) is 28.7 Å². The predicted octanol–water partition coefficient (Wildman–Crippen LogP) is 3.03. The Balaban J connectivity index is 2.08. The lowest BCUT2D eigenvalue weighted by molar-refractivity contribution is -0.138. The summed E-state index contributed by atoms with van der Waals surface area (Å²) in [5.74, 6) is -0.632. The molecule has 0 saturated heterocycles. The molecular weight excluding hydrogens is 200 g/mol. The van der Waals surface area contributed by atoms with Gasteiger partial charge >= 0.3 is 5.97 Å². The van der Waals surface area contributed by atoms with Crippen molar-refractivity contribution < 1.29 is 9.90 Å². The molecule has 1 fully saturated rings. The molecular formula is C14H12O2. The van der Waals surface area contributed by atoms with Crippen molar-refractivity contribution >= 4 is 16.7 Å². The normalized spacial score (nSPS) is 23.2. The van der Waals surface area contributed by atoms with Crippen molar-refractivity contribution in [2.45, 2.75) is 12.3 Å². The Bertz CT molecular complexity index is 554. The van der Waals surface area contributed by atoms with Gasteiger partial charge in [-0.25, -0.2) is 0 Å². The summed E-state index contributed by atoms with van der Waals surface area (Å²) < 4.78 is 0. The number of fused-ring (bicyclic) bond motifs is 1. The second kappa shape index (κ2) is 3.34. The van der Waals surface area contributed by atoms with E-state index in [-0.39, 0.29) is 11.8 Å². The van der Waals surface area contributed by atoms with Gasteiger partial charge in [-0.15, -0.1) is 0 Å². The van der Waals surface area contributed by atoms with Crippen LogP contribution in [0, 0.1) is 5.92 Å². The van der Waals surface area contributed by atoms with Crippen LogP contribution in [0.25, 0.3) is 10.8 Å². The number of carbonyl (C=O) groups is 1. The summed E-state index contributed by atoms with van der Waals surface area (Å²) >= 11 is 0. The molecule has 1 aliphatic carbocycles. The molecule has 2 nitrogen and oxygen atoms in total. The summed E-state index contributed by atoms with van der Waals surface area (Å²) in [5, 5.41) is 11.3. The highest BCUT2D eigenvalue weighted by Crippen LogP contribution is 2.49. The largest absolute Gasteiger partial charge is 0.481 e. The van der Waals surface area contributed by atoms with Crippen LogP contribution in [0.1, 0.15) is 17.9 Å². The maximum absolute atomic E-state index is 10.9. The average molecular weight is 212 g/mol. The van der Waals surface area contributed by atoms with Crippen molar-refractivity contribution in [2.75, 3.05) is 0 Å². The monoisotopic (exact) mass is 212 g/mol. The highest BCUT2D eigenvalue weighted by molar-refractivity contribution is 5.88. The van der Waals surface area contributed by atoms with E-state index in [4.69, 9.17) is 5.11 Å². The molecule has 16 heavy (non-hydrogen) atoms. The third kappa shape index (κ3) is 1.38. The Kier molecular flexibility index (Phi) is 1.96. The van der Waals surface area contributed by atoms with E-state index in [1.165, 1.54) is 16.3 Å². The van der Waals surface area contributed by atoms with Crippen molar-refractivity contribution in [3.63, 3.8) is 0 Å². The van der Waals surface area contributed by atoms with E-state index < -0.39 is 5.97 Å². The summed E-state index contributed by atoms with van der Waals surface area (Å²) in [7, 11) is 0. The Hall–Kier alpha value is -1.83. The topological polar surface area (TPSA) is 37.3 Å². The molecule has 2 aromatic rings. The molecule has 0 aliphatic heterocycles. The van der Waals surface area contributed by atoms with E-state index in [0.29, 0.717) is 0 Å². The number of aliphatic carboxylic acids is 1. The first kappa shape index (κ1) is 9.40. The highest BCUT2D eigenvalue weighted by atomic mass is 16.4. The Labute approximate surface area is 93.5 Å². The lowest BCUT2D eigenvalue weighted by Crippen LogP contribution is -1.99. The quantitative estimate of drug-likeness (QED) is 0.830. The molecule has 0 radical (unpaired) electrons. The third-order valence-electron chi connectivity index (χ3n) is 3.33. The van der Waals surface area contributed by atoms with Gasteiger partial charge in [-0.2, -0.15) is 0 Å². The Morgan fingerprint density at radius 1 is 1.12 bits per heavy atom. The smallest absolute Gasteiger partial charge is 0.307 e. The fourth-order valence-corrected chi connectivity index (χ4v) is 2.39. The molecule has 0 spiro atoms. The van der Waals surface area contributed by atoms with Gasteiger partial charge in [0.2, 0.25) is 0 Å². The molecule has 0 heterocycles. The molecule has 2 unspecified atom stereocenters. The average Bonchev–Trinajstić information content (AvgIpc) is 3.08. The lowest BCUT2D eigenvalue weighted by atomic mass is 10.0. The summed E-state index contributed by atoms with van der Waals surface area (Å²) in [6.45, 7) is 0. The fourth-order valence-electron chi connectivity index (χ4n) is 2.39. The minimum atomic E-state index is -0.669. The number of rotatable bonds is 2. The van der Waals surface area contributed by atoms with Crippen LogP contribution >= 0.6 is 0 Å². The van der Waals surface area contributed by atoms with Crippen molar-refractivity contribution in [2.24, 2.45) is 5.92 Å². The number of carboxylic acid groups (broad SMARTS) is 1. The minimum Gasteiger partial charge on any atom is -0.481 e. The van der Waals surface area contributed by atoms with Gasteiger partial charge in [0.1, 0.15) is 0 Å². The van der Waals surface area contributed by atoms with Crippen LogP contribution in [0.15, 0.2) is 42.5 Å². The van der Waals surface area contributed by atoms with Gasteiger partial charge in [-0.1, -0.05) is 42.5 Å². The molecule has 3 rings (SSSR count). The molecule has 0 aromatic heterocycles.